The van der Waals surface area contributed by atoms with Crippen LogP contribution in [0.4, 0.5) is 4.39 Å². The second kappa shape index (κ2) is 7.21. The Balaban J connectivity index is 2.72. The van der Waals surface area contributed by atoms with Crippen molar-refractivity contribution in [3.05, 3.63) is 35.6 Å². The predicted octanol–water partition coefficient (Wildman–Crippen LogP) is 1.14. The summed E-state index contributed by atoms with van der Waals surface area (Å²) in [6, 6.07) is 6.36. The van der Waals surface area contributed by atoms with E-state index in [2.05, 4.69) is 5.32 Å². The molecule has 4 nitrogen and oxygen atoms in total. The normalized spacial score (nSPS) is 14.2. The summed E-state index contributed by atoms with van der Waals surface area (Å²) in [6.07, 6.45) is 0. The molecule has 1 aromatic carbocycles. The summed E-state index contributed by atoms with van der Waals surface area (Å²) in [6.45, 7) is 2.53. The fourth-order valence-electron chi connectivity index (χ4n) is 1.79. The van der Waals surface area contributed by atoms with E-state index < -0.39 is 0 Å². The number of halogens is 1. The third-order valence-electron chi connectivity index (χ3n) is 3.13. The molecule has 2 unspecified atom stereocenters. The van der Waals surface area contributed by atoms with Crippen molar-refractivity contribution in [1.82, 2.24) is 10.2 Å². The molecule has 0 saturated carbocycles. The zero-order valence-electron chi connectivity index (χ0n) is 11.7. The van der Waals surface area contributed by atoms with Crippen LogP contribution in [0.5, 0.6) is 0 Å². The molecule has 0 bridgehead atoms. The molecule has 0 aliphatic carbocycles. The number of carbonyl (C=O) groups is 1. The third kappa shape index (κ3) is 4.61. The lowest BCUT2D eigenvalue weighted by molar-refractivity contribution is -0.124. The van der Waals surface area contributed by atoms with Gasteiger partial charge in [0.2, 0.25) is 5.91 Å². The van der Waals surface area contributed by atoms with Crippen LogP contribution in [0, 0.1) is 11.7 Å². The fraction of sp³-hybridized carbons (Fsp3) is 0.500. The van der Waals surface area contributed by atoms with Crippen LogP contribution < -0.4 is 11.1 Å². The first kappa shape index (κ1) is 15.6. The van der Waals surface area contributed by atoms with E-state index in [9.17, 15) is 9.18 Å². The molecule has 0 spiro atoms. The van der Waals surface area contributed by atoms with Crippen molar-refractivity contribution in [2.45, 2.75) is 13.0 Å². The van der Waals surface area contributed by atoms with Crippen molar-refractivity contribution in [3.63, 3.8) is 0 Å². The van der Waals surface area contributed by atoms with E-state index in [1.165, 1.54) is 12.1 Å². The zero-order valence-corrected chi connectivity index (χ0v) is 11.7. The molecule has 106 valence electrons. The number of amides is 1. The molecule has 1 aromatic rings. The quantitative estimate of drug-likeness (QED) is 0.812. The van der Waals surface area contributed by atoms with Crippen LogP contribution in [0.3, 0.4) is 0 Å². The summed E-state index contributed by atoms with van der Waals surface area (Å²) in [5.41, 5.74) is 6.29. The molecule has 0 saturated heterocycles. The molecule has 0 aliphatic rings. The van der Waals surface area contributed by atoms with Gasteiger partial charge in [0.05, 0.1) is 6.04 Å². The second-order valence-corrected chi connectivity index (χ2v) is 4.92. The van der Waals surface area contributed by atoms with E-state index >= 15 is 0 Å². The highest BCUT2D eigenvalue weighted by Crippen LogP contribution is 2.18. The van der Waals surface area contributed by atoms with Crippen molar-refractivity contribution < 1.29 is 9.18 Å². The van der Waals surface area contributed by atoms with Gasteiger partial charge in [-0.05, 0) is 31.8 Å². The molecule has 3 N–H and O–H groups in total. The molecular weight excluding hydrogens is 245 g/mol. The molecule has 0 aliphatic heterocycles. The van der Waals surface area contributed by atoms with Crippen LogP contribution in [0.1, 0.15) is 18.5 Å². The minimum absolute atomic E-state index is 0.0652. The zero-order chi connectivity index (χ0) is 14.4. The molecule has 0 aromatic heterocycles. The summed E-state index contributed by atoms with van der Waals surface area (Å²) < 4.78 is 13.3. The predicted molar refractivity (Wildman–Crippen MR) is 74.1 cm³/mol. The highest BCUT2D eigenvalue weighted by atomic mass is 19.1. The number of benzene rings is 1. The summed E-state index contributed by atoms with van der Waals surface area (Å²) in [7, 11) is 3.79. The van der Waals surface area contributed by atoms with Gasteiger partial charge in [-0.1, -0.05) is 19.1 Å². The Hall–Kier alpha value is -1.46. The molecule has 0 fully saturated rings. The van der Waals surface area contributed by atoms with Crippen molar-refractivity contribution >= 4 is 5.91 Å². The van der Waals surface area contributed by atoms with Crippen molar-refractivity contribution in [3.8, 4) is 0 Å². The van der Waals surface area contributed by atoms with Gasteiger partial charge in [-0.3, -0.25) is 4.79 Å². The number of carbonyl (C=O) groups excluding carboxylic acids is 1. The van der Waals surface area contributed by atoms with E-state index in [1.807, 2.05) is 25.1 Å². The van der Waals surface area contributed by atoms with Crippen LogP contribution in [0.15, 0.2) is 24.3 Å². The van der Waals surface area contributed by atoms with Gasteiger partial charge in [0, 0.05) is 19.0 Å². The molecule has 2 atom stereocenters. The Morgan fingerprint density at radius 1 is 1.47 bits per heavy atom. The van der Waals surface area contributed by atoms with E-state index in [0.29, 0.717) is 13.1 Å². The Morgan fingerprint density at radius 2 is 2.16 bits per heavy atom. The monoisotopic (exact) mass is 267 g/mol. The maximum absolute atomic E-state index is 13.3. The minimum atomic E-state index is -0.272. The van der Waals surface area contributed by atoms with Crippen LogP contribution >= 0.6 is 0 Å². The summed E-state index contributed by atoms with van der Waals surface area (Å²) in [5.74, 6) is -0.563. The summed E-state index contributed by atoms with van der Waals surface area (Å²) >= 11 is 0. The molecule has 5 heteroatoms. The lowest BCUT2D eigenvalue weighted by Gasteiger charge is -2.25. The number of hydrogen-bond acceptors (Lipinski definition) is 3. The highest BCUT2D eigenvalue weighted by Gasteiger charge is 2.17. The number of hydrogen-bond donors (Lipinski definition) is 2. The number of rotatable bonds is 6. The standard InChI is InChI=1S/C14H22FN3O/c1-10(8-16)14(19)17-9-13(18(2)3)11-5-4-6-12(15)7-11/h4-7,10,13H,8-9,16H2,1-3H3,(H,17,19). The Kier molecular flexibility index (Phi) is 5.92. The van der Waals surface area contributed by atoms with Gasteiger partial charge in [0.15, 0.2) is 0 Å². The third-order valence-corrected chi connectivity index (χ3v) is 3.13. The second-order valence-electron chi connectivity index (χ2n) is 4.92. The van der Waals surface area contributed by atoms with Gasteiger partial charge in [0.25, 0.3) is 0 Å². The fourth-order valence-corrected chi connectivity index (χ4v) is 1.79. The molecule has 1 amide bonds. The summed E-state index contributed by atoms with van der Waals surface area (Å²) in [5, 5.41) is 2.85. The largest absolute Gasteiger partial charge is 0.354 e. The van der Waals surface area contributed by atoms with E-state index in [4.69, 9.17) is 5.73 Å². The lowest BCUT2D eigenvalue weighted by atomic mass is 10.1. The van der Waals surface area contributed by atoms with Crippen LogP contribution in [0.25, 0.3) is 0 Å². The number of nitrogens with one attached hydrogen (secondary N) is 1. The molecule has 0 heterocycles. The van der Waals surface area contributed by atoms with Gasteiger partial charge < -0.3 is 16.0 Å². The topological polar surface area (TPSA) is 58.4 Å². The highest BCUT2D eigenvalue weighted by molar-refractivity contribution is 5.78. The first-order chi connectivity index (χ1) is 8.95. The smallest absolute Gasteiger partial charge is 0.224 e. The maximum Gasteiger partial charge on any atom is 0.224 e. The first-order valence-corrected chi connectivity index (χ1v) is 6.35. The molecular formula is C14H22FN3O. The molecule has 1 rings (SSSR count). The Morgan fingerprint density at radius 3 is 2.68 bits per heavy atom. The van der Waals surface area contributed by atoms with E-state index in [0.717, 1.165) is 5.56 Å². The molecule has 0 radical (unpaired) electrons. The number of nitrogens with two attached hydrogens (primary N) is 1. The number of likely N-dealkylation sites (N-methyl/N-ethyl adjacent to an activating group) is 1. The van der Waals surface area contributed by atoms with Crippen LogP contribution in [0.2, 0.25) is 0 Å². The van der Waals surface area contributed by atoms with Crippen LogP contribution in [-0.4, -0.2) is 38.0 Å². The number of nitrogens with zero attached hydrogens (tertiary/aromatic N) is 1. The van der Waals surface area contributed by atoms with Crippen molar-refractivity contribution in [2.24, 2.45) is 11.7 Å². The average Bonchev–Trinajstić information content (AvgIpc) is 2.37. The van der Waals surface area contributed by atoms with Gasteiger partial charge >= 0.3 is 0 Å². The SMILES string of the molecule is CC(CN)C(=O)NCC(c1cccc(F)c1)N(C)C. The van der Waals surface area contributed by atoms with Crippen molar-refractivity contribution in [2.75, 3.05) is 27.2 Å². The summed E-state index contributed by atoms with van der Waals surface area (Å²) in [4.78, 5) is 13.7. The minimum Gasteiger partial charge on any atom is -0.354 e. The van der Waals surface area contributed by atoms with Gasteiger partial charge in [-0.2, -0.15) is 0 Å². The average molecular weight is 267 g/mol. The van der Waals surface area contributed by atoms with Gasteiger partial charge in [0.1, 0.15) is 5.82 Å². The first-order valence-electron chi connectivity index (χ1n) is 6.35. The lowest BCUT2D eigenvalue weighted by Crippen LogP contribution is -2.38. The van der Waals surface area contributed by atoms with Gasteiger partial charge in [-0.15, -0.1) is 0 Å². The van der Waals surface area contributed by atoms with E-state index in [-0.39, 0.29) is 23.7 Å². The van der Waals surface area contributed by atoms with Crippen molar-refractivity contribution in [1.29, 1.82) is 0 Å². The maximum atomic E-state index is 13.3. The van der Waals surface area contributed by atoms with E-state index in [1.54, 1.807) is 13.0 Å². The Labute approximate surface area is 113 Å². The van der Waals surface area contributed by atoms with Crippen LogP contribution in [-0.2, 0) is 4.79 Å². The molecule has 19 heavy (non-hydrogen) atoms. The van der Waals surface area contributed by atoms with Gasteiger partial charge in [-0.25, -0.2) is 4.39 Å². The Bertz CT molecular complexity index is 423.